The van der Waals surface area contributed by atoms with E-state index in [-0.39, 0.29) is 22.9 Å². The first-order valence-electron chi connectivity index (χ1n) is 10.2. The summed E-state index contributed by atoms with van der Waals surface area (Å²) in [4.78, 5) is 24.7. The Morgan fingerprint density at radius 1 is 1.18 bits per heavy atom. The van der Waals surface area contributed by atoms with Gasteiger partial charge in [-0.15, -0.1) is 0 Å². The van der Waals surface area contributed by atoms with Crippen LogP contribution in [-0.2, 0) is 14.8 Å². The van der Waals surface area contributed by atoms with E-state index in [0.717, 1.165) is 11.8 Å². The Bertz CT molecular complexity index is 1410. The molecule has 0 bridgehead atoms. The number of nitrogens with one attached hydrogen (secondary N) is 1. The smallest absolute Gasteiger partial charge is 0.236 e. The Balaban J connectivity index is 1.67. The maximum absolute atomic E-state index is 12.7. The van der Waals surface area contributed by atoms with Crippen molar-refractivity contribution in [1.82, 2.24) is 4.72 Å². The van der Waals surface area contributed by atoms with Crippen molar-refractivity contribution >= 4 is 38.5 Å². The minimum atomic E-state index is -3.61. The van der Waals surface area contributed by atoms with E-state index < -0.39 is 21.8 Å². The number of amides is 1. The molecule has 10 heteroatoms. The van der Waals surface area contributed by atoms with Gasteiger partial charge >= 0.3 is 0 Å². The van der Waals surface area contributed by atoms with Gasteiger partial charge in [-0.1, -0.05) is 17.7 Å². The topological polar surface area (TPSA) is 112 Å². The highest BCUT2D eigenvalue weighted by Crippen LogP contribution is 2.40. The van der Waals surface area contributed by atoms with E-state index in [0.29, 0.717) is 40.3 Å². The normalized spacial score (nSPS) is 17.9. The van der Waals surface area contributed by atoms with Crippen LogP contribution in [0.15, 0.2) is 45.6 Å². The van der Waals surface area contributed by atoms with Crippen molar-refractivity contribution < 1.29 is 27.1 Å². The quantitative estimate of drug-likeness (QED) is 0.560. The Kier molecular flexibility index (Phi) is 6.11. The fourth-order valence-corrected chi connectivity index (χ4v) is 4.52. The van der Waals surface area contributed by atoms with Crippen LogP contribution in [0.1, 0.15) is 18.4 Å². The van der Waals surface area contributed by atoms with Gasteiger partial charge in [0.05, 0.1) is 29.3 Å². The Labute approximate surface area is 195 Å². The number of hydrogen-bond donors (Lipinski definition) is 1. The molecule has 0 atom stereocenters. The molecule has 1 aromatic heterocycles. The minimum absolute atomic E-state index is 0.241. The van der Waals surface area contributed by atoms with Gasteiger partial charge in [0.25, 0.3) is 0 Å². The van der Waals surface area contributed by atoms with Crippen LogP contribution in [0.5, 0.6) is 11.5 Å². The first-order valence-corrected chi connectivity index (χ1v) is 12.4. The molecular formula is C23H22ClNO7S. The molecule has 0 spiro atoms. The maximum Gasteiger partial charge on any atom is 0.236 e. The second-order valence-electron chi connectivity index (χ2n) is 8.06. The number of ether oxygens (including phenoxy) is 2. The zero-order chi connectivity index (χ0) is 23.9. The lowest BCUT2D eigenvalue weighted by molar-refractivity contribution is -0.128. The number of benzene rings is 2. The van der Waals surface area contributed by atoms with Gasteiger partial charge in [-0.25, -0.2) is 8.42 Å². The zero-order valence-corrected chi connectivity index (χ0v) is 19.7. The fourth-order valence-electron chi connectivity index (χ4n) is 3.78. The lowest BCUT2D eigenvalue weighted by Crippen LogP contribution is -2.45. The second-order valence-corrected chi connectivity index (χ2v) is 10.2. The monoisotopic (exact) mass is 491 g/mol. The number of aryl methyl sites for hydroxylation is 1. The van der Waals surface area contributed by atoms with E-state index in [1.165, 1.54) is 13.2 Å². The zero-order valence-electron chi connectivity index (χ0n) is 18.2. The number of carbonyl (C=O) groups is 1. The molecule has 0 unspecified atom stereocenters. The van der Waals surface area contributed by atoms with Crippen LogP contribution >= 0.6 is 11.6 Å². The van der Waals surface area contributed by atoms with E-state index >= 15 is 0 Å². The molecular weight excluding hydrogens is 470 g/mol. The van der Waals surface area contributed by atoms with Crippen LogP contribution in [0.3, 0.4) is 0 Å². The first kappa shape index (κ1) is 23.1. The molecule has 0 saturated heterocycles. The summed E-state index contributed by atoms with van der Waals surface area (Å²) >= 11 is 6.25. The molecule has 0 aliphatic heterocycles. The standard InChI is InChI=1S/C23H22ClNO7S/c1-12-7-16(20-10-18(26)15-5-4-6-17(24)22(15)32-20)21(11-19(12)30-2)31-14-8-13(9-14)23(27)25-33(3,28)29/h4-7,10-11,13-14H,8-9H2,1-3H3,(H,25,27). The lowest BCUT2D eigenvalue weighted by Gasteiger charge is -2.34. The van der Waals surface area contributed by atoms with E-state index in [4.69, 9.17) is 25.5 Å². The van der Waals surface area contributed by atoms with Crippen molar-refractivity contribution in [3.63, 3.8) is 0 Å². The van der Waals surface area contributed by atoms with Gasteiger partial charge in [0.1, 0.15) is 23.4 Å². The third kappa shape index (κ3) is 4.84. The maximum atomic E-state index is 12.7. The van der Waals surface area contributed by atoms with Crippen LogP contribution < -0.4 is 19.6 Å². The van der Waals surface area contributed by atoms with Gasteiger partial charge in [-0.05, 0) is 43.5 Å². The van der Waals surface area contributed by atoms with Crippen molar-refractivity contribution in [2.45, 2.75) is 25.9 Å². The second kappa shape index (κ2) is 8.72. The predicted octanol–water partition coefficient (Wildman–Crippen LogP) is 3.66. The molecule has 174 valence electrons. The molecule has 8 nitrogen and oxygen atoms in total. The van der Waals surface area contributed by atoms with Crippen molar-refractivity contribution in [2.75, 3.05) is 13.4 Å². The van der Waals surface area contributed by atoms with Crippen LogP contribution in [0, 0.1) is 12.8 Å². The predicted molar refractivity (Wildman–Crippen MR) is 124 cm³/mol. The summed E-state index contributed by atoms with van der Waals surface area (Å²) < 4.78 is 42.1. The van der Waals surface area contributed by atoms with E-state index in [9.17, 15) is 18.0 Å². The van der Waals surface area contributed by atoms with Gasteiger partial charge in [0, 0.05) is 18.1 Å². The first-order chi connectivity index (χ1) is 15.6. The molecule has 1 saturated carbocycles. The molecule has 0 radical (unpaired) electrons. The molecule has 1 fully saturated rings. The molecule has 33 heavy (non-hydrogen) atoms. The number of rotatable bonds is 6. The number of halogens is 1. The SMILES string of the molecule is COc1cc(OC2CC(C(=O)NS(C)(=O)=O)C2)c(-c2cc(=O)c3cccc(Cl)c3o2)cc1C. The van der Waals surface area contributed by atoms with Crippen LogP contribution in [0.2, 0.25) is 5.02 Å². The summed E-state index contributed by atoms with van der Waals surface area (Å²) in [7, 11) is -2.07. The Hall–Kier alpha value is -3.04. The third-order valence-corrected chi connectivity index (χ3v) is 6.38. The average Bonchev–Trinajstić information content (AvgIpc) is 2.70. The fraction of sp³-hybridized carbons (Fsp3) is 0.304. The highest BCUT2D eigenvalue weighted by atomic mass is 35.5. The lowest BCUT2D eigenvalue weighted by atomic mass is 9.82. The van der Waals surface area contributed by atoms with Gasteiger partial charge in [0.2, 0.25) is 15.9 Å². The van der Waals surface area contributed by atoms with Crippen LogP contribution in [-0.4, -0.2) is 33.8 Å². The average molecular weight is 492 g/mol. The molecule has 2 aromatic carbocycles. The Morgan fingerprint density at radius 2 is 1.91 bits per heavy atom. The van der Waals surface area contributed by atoms with Crippen LogP contribution in [0.4, 0.5) is 0 Å². The highest BCUT2D eigenvalue weighted by Gasteiger charge is 2.37. The van der Waals surface area contributed by atoms with Gasteiger partial charge < -0.3 is 13.9 Å². The van der Waals surface area contributed by atoms with Gasteiger partial charge in [0.15, 0.2) is 11.0 Å². The van der Waals surface area contributed by atoms with Crippen molar-refractivity contribution in [3.8, 4) is 22.8 Å². The number of methoxy groups -OCH3 is 1. The minimum Gasteiger partial charge on any atom is -0.496 e. The molecule has 1 aliphatic rings. The van der Waals surface area contributed by atoms with Gasteiger partial charge in [-0.3, -0.25) is 14.3 Å². The van der Waals surface area contributed by atoms with Crippen molar-refractivity contribution in [1.29, 1.82) is 0 Å². The summed E-state index contributed by atoms with van der Waals surface area (Å²) in [6.07, 6.45) is 1.32. The third-order valence-electron chi connectivity index (χ3n) is 5.51. The summed E-state index contributed by atoms with van der Waals surface area (Å²) in [5.41, 5.74) is 1.38. The molecule has 3 aromatic rings. The summed E-state index contributed by atoms with van der Waals surface area (Å²) in [5.74, 6) is 0.277. The summed E-state index contributed by atoms with van der Waals surface area (Å²) in [6.45, 7) is 1.85. The molecule has 1 amide bonds. The summed E-state index contributed by atoms with van der Waals surface area (Å²) in [6, 6.07) is 9.84. The van der Waals surface area contributed by atoms with Crippen LogP contribution in [0.25, 0.3) is 22.3 Å². The highest BCUT2D eigenvalue weighted by molar-refractivity contribution is 7.89. The van der Waals surface area contributed by atoms with E-state index in [2.05, 4.69) is 0 Å². The molecule has 1 heterocycles. The van der Waals surface area contributed by atoms with Gasteiger partial charge in [-0.2, -0.15) is 0 Å². The number of hydrogen-bond acceptors (Lipinski definition) is 7. The summed E-state index contributed by atoms with van der Waals surface area (Å²) in [5, 5.41) is 0.690. The number of fused-ring (bicyclic) bond motifs is 1. The Morgan fingerprint density at radius 3 is 2.58 bits per heavy atom. The number of carbonyl (C=O) groups excluding carboxylic acids is 1. The number of para-hydroxylation sites is 1. The molecule has 1 N–H and O–H groups in total. The molecule has 4 rings (SSSR count). The number of sulfonamides is 1. The van der Waals surface area contributed by atoms with Crippen molar-refractivity contribution in [2.24, 2.45) is 5.92 Å². The van der Waals surface area contributed by atoms with E-state index in [1.807, 2.05) is 11.6 Å². The molecule has 1 aliphatic carbocycles. The largest absolute Gasteiger partial charge is 0.496 e. The van der Waals surface area contributed by atoms with Crippen molar-refractivity contribution in [3.05, 3.63) is 57.2 Å². The van der Waals surface area contributed by atoms with E-state index in [1.54, 1.807) is 30.3 Å².